The van der Waals surface area contributed by atoms with Gasteiger partial charge in [0, 0.05) is 18.4 Å². The summed E-state index contributed by atoms with van der Waals surface area (Å²) >= 11 is 0. The summed E-state index contributed by atoms with van der Waals surface area (Å²) in [5.41, 5.74) is 1.76. The van der Waals surface area contributed by atoms with Gasteiger partial charge < -0.3 is 15.4 Å². The highest BCUT2D eigenvalue weighted by Crippen LogP contribution is 2.22. The second-order valence-corrected chi connectivity index (χ2v) is 4.63. The smallest absolute Gasteiger partial charge is 0.238 e. The number of benzene rings is 1. The standard InChI is InChI=1S/C16H19N3O2/c1-12(13-7-9-17-10-8-13)18-11-16(20)19-14-5-3-4-6-15(14)21-2/h3-10,12,18H,11H2,1-2H3,(H,19,20)/t12-/m1/s1. The summed E-state index contributed by atoms with van der Waals surface area (Å²) in [6.07, 6.45) is 3.48. The molecule has 5 nitrogen and oxygen atoms in total. The van der Waals surface area contributed by atoms with Crippen molar-refractivity contribution in [2.75, 3.05) is 19.0 Å². The maximum absolute atomic E-state index is 12.0. The normalized spacial score (nSPS) is 11.7. The number of pyridine rings is 1. The first-order valence-electron chi connectivity index (χ1n) is 6.77. The highest BCUT2D eigenvalue weighted by Gasteiger charge is 2.09. The first kappa shape index (κ1) is 15.0. The number of carbonyl (C=O) groups excluding carboxylic acids is 1. The number of methoxy groups -OCH3 is 1. The number of aromatic nitrogens is 1. The molecule has 2 rings (SSSR count). The topological polar surface area (TPSA) is 63.2 Å². The Kier molecular flexibility index (Phi) is 5.29. The molecule has 1 amide bonds. The van der Waals surface area contributed by atoms with E-state index in [-0.39, 0.29) is 18.5 Å². The largest absolute Gasteiger partial charge is 0.495 e. The molecule has 1 heterocycles. The van der Waals surface area contributed by atoms with Gasteiger partial charge >= 0.3 is 0 Å². The maximum atomic E-state index is 12.0. The van der Waals surface area contributed by atoms with Crippen LogP contribution < -0.4 is 15.4 Å². The van der Waals surface area contributed by atoms with Gasteiger partial charge in [0.15, 0.2) is 0 Å². The Morgan fingerprint density at radius 3 is 2.67 bits per heavy atom. The van der Waals surface area contributed by atoms with Crippen LogP contribution in [0.15, 0.2) is 48.8 Å². The Labute approximate surface area is 124 Å². The van der Waals surface area contributed by atoms with Gasteiger partial charge in [0.05, 0.1) is 19.3 Å². The number of carbonyl (C=O) groups is 1. The highest BCUT2D eigenvalue weighted by atomic mass is 16.5. The third-order valence-corrected chi connectivity index (χ3v) is 3.16. The SMILES string of the molecule is COc1ccccc1NC(=O)CN[C@H](C)c1ccncc1. The van der Waals surface area contributed by atoms with Gasteiger partial charge in [-0.2, -0.15) is 0 Å². The lowest BCUT2D eigenvalue weighted by Crippen LogP contribution is -2.30. The van der Waals surface area contributed by atoms with Crippen molar-refractivity contribution in [3.8, 4) is 5.75 Å². The Morgan fingerprint density at radius 1 is 1.24 bits per heavy atom. The van der Waals surface area contributed by atoms with Crippen LogP contribution in [0.5, 0.6) is 5.75 Å². The number of anilines is 1. The van der Waals surface area contributed by atoms with Gasteiger partial charge in [-0.1, -0.05) is 12.1 Å². The summed E-state index contributed by atoms with van der Waals surface area (Å²) in [5, 5.41) is 6.01. The zero-order valence-electron chi connectivity index (χ0n) is 12.2. The molecule has 0 unspecified atom stereocenters. The molecule has 0 fully saturated rings. The summed E-state index contributed by atoms with van der Waals surface area (Å²) in [7, 11) is 1.58. The van der Waals surface area contributed by atoms with Crippen LogP contribution in [0.1, 0.15) is 18.5 Å². The van der Waals surface area contributed by atoms with Crippen LogP contribution in [0.25, 0.3) is 0 Å². The van der Waals surface area contributed by atoms with E-state index in [2.05, 4.69) is 15.6 Å². The van der Waals surface area contributed by atoms with Crippen LogP contribution in [-0.4, -0.2) is 24.5 Å². The van der Waals surface area contributed by atoms with Crippen molar-refractivity contribution in [2.45, 2.75) is 13.0 Å². The van der Waals surface area contributed by atoms with Crippen LogP contribution in [0, 0.1) is 0 Å². The highest BCUT2D eigenvalue weighted by molar-refractivity contribution is 5.93. The van der Waals surface area contributed by atoms with Crippen LogP contribution in [0.2, 0.25) is 0 Å². The lowest BCUT2D eigenvalue weighted by molar-refractivity contribution is -0.115. The van der Waals surface area contributed by atoms with Crippen LogP contribution in [0.3, 0.4) is 0 Å². The van der Waals surface area contributed by atoms with Gasteiger partial charge in [0.25, 0.3) is 0 Å². The van der Waals surface area contributed by atoms with Gasteiger partial charge in [-0.3, -0.25) is 9.78 Å². The number of amides is 1. The zero-order chi connectivity index (χ0) is 15.1. The van der Waals surface area contributed by atoms with Gasteiger partial charge in [-0.05, 0) is 36.8 Å². The third-order valence-electron chi connectivity index (χ3n) is 3.16. The average molecular weight is 285 g/mol. The second-order valence-electron chi connectivity index (χ2n) is 4.63. The lowest BCUT2D eigenvalue weighted by Gasteiger charge is -2.14. The van der Waals surface area contributed by atoms with E-state index in [9.17, 15) is 4.79 Å². The number of hydrogen-bond donors (Lipinski definition) is 2. The number of hydrogen-bond acceptors (Lipinski definition) is 4. The van der Waals surface area contributed by atoms with Crippen molar-refractivity contribution in [3.63, 3.8) is 0 Å². The van der Waals surface area contributed by atoms with Crippen molar-refractivity contribution in [1.29, 1.82) is 0 Å². The molecule has 0 spiro atoms. The molecule has 0 aliphatic rings. The van der Waals surface area contributed by atoms with Crippen molar-refractivity contribution >= 4 is 11.6 Å². The van der Waals surface area contributed by atoms with Crippen LogP contribution in [-0.2, 0) is 4.79 Å². The van der Waals surface area contributed by atoms with Gasteiger partial charge in [0.2, 0.25) is 5.91 Å². The molecule has 0 radical (unpaired) electrons. The molecule has 5 heteroatoms. The van der Waals surface area contributed by atoms with Crippen molar-refractivity contribution < 1.29 is 9.53 Å². The quantitative estimate of drug-likeness (QED) is 0.855. The summed E-state index contributed by atoms with van der Waals surface area (Å²) < 4.78 is 5.20. The van der Waals surface area contributed by atoms with E-state index >= 15 is 0 Å². The molecule has 0 saturated carbocycles. The summed E-state index contributed by atoms with van der Waals surface area (Å²) in [6.45, 7) is 2.23. The Bertz CT molecular complexity index is 587. The number of nitrogens with one attached hydrogen (secondary N) is 2. The fraction of sp³-hybridized carbons (Fsp3) is 0.250. The molecule has 0 aliphatic heterocycles. The molecule has 1 aromatic carbocycles. The fourth-order valence-corrected chi connectivity index (χ4v) is 1.96. The average Bonchev–Trinajstić information content (AvgIpc) is 2.54. The van der Waals surface area contributed by atoms with Crippen molar-refractivity contribution in [2.24, 2.45) is 0 Å². The van der Waals surface area contributed by atoms with E-state index in [1.165, 1.54) is 0 Å². The molecule has 0 aliphatic carbocycles. The predicted octanol–water partition coefficient (Wildman–Crippen LogP) is 2.38. The first-order valence-corrected chi connectivity index (χ1v) is 6.77. The number of rotatable bonds is 6. The number of nitrogens with zero attached hydrogens (tertiary/aromatic N) is 1. The molecular formula is C16H19N3O2. The van der Waals surface area contributed by atoms with Gasteiger partial charge in [0.1, 0.15) is 5.75 Å². The monoisotopic (exact) mass is 285 g/mol. The summed E-state index contributed by atoms with van der Waals surface area (Å²) in [6, 6.07) is 11.3. The Morgan fingerprint density at radius 2 is 1.95 bits per heavy atom. The minimum atomic E-state index is -0.111. The predicted molar refractivity (Wildman–Crippen MR) is 82.3 cm³/mol. The van der Waals surface area contributed by atoms with Crippen LogP contribution >= 0.6 is 0 Å². The Balaban J connectivity index is 1.88. The molecule has 21 heavy (non-hydrogen) atoms. The Hall–Kier alpha value is -2.40. The number of ether oxygens (including phenoxy) is 1. The zero-order valence-corrected chi connectivity index (χ0v) is 12.2. The van der Waals surface area contributed by atoms with Gasteiger partial charge in [-0.25, -0.2) is 0 Å². The molecule has 2 aromatic rings. The minimum absolute atomic E-state index is 0.0800. The lowest BCUT2D eigenvalue weighted by atomic mass is 10.1. The summed E-state index contributed by atoms with van der Waals surface area (Å²) in [4.78, 5) is 16.0. The van der Waals surface area contributed by atoms with Crippen LogP contribution in [0.4, 0.5) is 5.69 Å². The maximum Gasteiger partial charge on any atom is 0.238 e. The van der Waals surface area contributed by atoms with E-state index in [4.69, 9.17) is 4.74 Å². The molecule has 1 aromatic heterocycles. The van der Waals surface area contributed by atoms with Crippen molar-refractivity contribution in [3.05, 3.63) is 54.4 Å². The van der Waals surface area contributed by atoms with Gasteiger partial charge in [-0.15, -0.1) is 0 Å². The molecule has 2 N–H and O–H groups in total. The summed E-state index contributed by atoms with van der Waals surface area (Å²) in [5.74, 6) is 0.536. The van der Waals surface area contributed by atoms with Crippen molar-refractivity contribution in [1.82, 2.24) is 10.3 Å². The van der Waals surface area contributed by atoms with E-state index in [1.807, 2.05) is 43.3 Å². The molecule has 0 saturated heterocycles. The number of para-hydroxylation sites is 2. The minimum Gasteiger partial charge on any atom is -0.495 e. The molecule has 0 bridgehead atoms. The fourth-order valence-electron chi connectivity index (χ4n) is 1.96. The second kappa shape index (κ2) is 7.40. The van der Waals surface area contributed by atoms with E-state index < -0.39 is 0 Å². The molecule has 110 valence electrons. The van der Waals surface area contributed by atoms with E-state index in [1.54, 1.807) is 19.5 Å². The third kappa shape index (κ3) is 4.29. The molecular weight excluding hydrogens is 266 g/mol. The van der Waals surface area contributed by atoms with E-state index in [0.29, 0.717) is 11.4 Å². The molecule has 1 atom stereocenters. The van der Waals surface area contributed by atoms with E-state index in [0.717, 1.165) is 5.56 Å². The first-order chi connectivity index (χ1) is 10.2.